The van der Waals surface area contributed by atoms with E-state index >= 15 is 0 Å². The number of hydrogen-bond acceptors (Lipinski definition) is 6. The zero-order valence-electron chi connectivity index (χ0n) is 15.3. The molecule has 1 aliphatic carbocycles. The minimum absolute atomic E-state index is 0.0894. The monoisotopic (exact) mass is 412 g/mol. The molecule has 1 N–H and O–H groups in total. The van der Waals surface area contributed by atoms with E-state index in [1.807, 2.05) is 35.0 Å². The lowest BCUT2D eigenvalue weighted by Crippen LogP contribution is -2.40. The zero-order chi connectivity index (χ0) is 19.0. The van der Waals surface area contributed by atoms with E-state index in [1.165, 1.54) is 6.42 Å². The third kappa shape index (κ3) is 3.52. The largest absolute Gasteiger partial charge is 0.448 e. The fraction of sp³-hybridized carbons (Fsp3) is 0.333. The zero-order valence-corrected chi connectivity index (χ0v) is 16.9. The van der Waals surface area contributed by atoms with Gasteiger partial charge in [0.15, 0.2) is 11.5 Å². The van der Waals surface area contributed by atoms with Crippen LogP contribution in [-0.4, -0.2) is 16.7 Å². The van der Waals surface area contributed by atoms with Crippen LogP contribution in [0.25, 0.3) is 10.6 Å². The number of hydrogen-bond donors (Lipinski definition) is 1. The van der Waals surface area contributed by atoms with Gasteiger partial charge in [0, 0.05) is 40.9 Å². The van der Waals surface area contributed by atoms with Gasteiger partial charge in [-0.05, 0) is 36.4 Å². The quantitative estimate of drug-likeness (QED) is 0.616. The van der Waals surface area contributed by atoms with Gasteiger partial charge in [0.05, 0.1) is 12.1 Å². The number of benzene rings is 1. The number of aromatic nitrogens is 1. The fourth-order valence-corrected chi connectivity index (χ4v) is 5.27. The van der Waals surface area contributed by atoms with Crippen LogP contribution in [0.5, 0.6) is 11.5 Å². The van der Waals surface area contributed by atoms with Gasteiger partial charge in [-0.25, -0.2) is 4.98 Å². The molecule has 5 nitrogen and oxygen atoms in total. The van der Waals surface area contributed by atoms with E-state index in [0.29, 0.717) is 11.4 Å². The number of thiazole rings is 1. The van der Waals surface area contributed by atoms with Gasteiger partial charge in [0.1, 0.15) is 5.01 Å². The fourth-order valence-electron chi connectivity index (χ4n) is 3.74. The van der Waals surface area contributed by atoms with E-state index in [2.05, 4.69) is 15.7 Å². The summed E-state index contributed by atoms with van der Waals surface area (Å²) >= 11 is 3.21. The first kappa shape index (κ1) is 17.7. The molecular weight excluding hydrogens is 392 g/mol. The topological polar surface area (TPSA) is 60.5 Å². The van der Waals surface area contributed by atoms with Crippen molar-refractivity contribution in [1.82, 2.24) is 4.98 Å². The van der Waals surface area contributed by atoms with E-state index in [1.54, 1.807) is 22.7 Å². The van der Waals surface area contributed by atoms with Crippen LogP contribution in [0, 0.1) is 0 Å². The second-order valence-corrected chi connectivity index (χ2v) is 8.86. The van der Waals surface area contributed by atoms with Crippen LogP contribution < -0.4 is 14.8 Å². The molecule has 0 radical (unpaired) electrons. The van der Waals surface area contributed by atoms with E-state index in [-0.39, 0.29) is 12.3 Å². The molecule has 0 saturated heterocycles. The van der Waals surface area contributed by atoms with Gasteiger partial charge in [-0.2, -0.15) is 11.3 Å². The Bertz CT molecular complexity index is 991. The summed E-state index contributed by atoms with van der Waals surface area (Å²) in [5, 5.41) is 9.93. The molecule has 7 heteroatoms. The number of nitrogens with one attached hydrogen (secondary N) is 1. The predicted octanol–water partition coefficient (Wildman–Crippen LogP) is 5.48. The Labute approximate surface area is 171 Å². The molecule has 2 aliphatic rings. The highest BCUT2D eigenvalue weighted by Crippen LogP contribution is 2.46. The standard InChI is InChI=1S/C21H20N2O3S2/c24-19(11-16-13-28-20(23-16)14-6-9-27-12-14)22-15-4-5-17-18(10-15)26-21(25-17)7-2-1-3-8-21/h4-6,9-10,12-13H,1-3,7-8,11H2,(H,22,24). The summed E-state index contributed by atoms with van der Waals surface area (Å²) < 4.78 is 12.2. The number of ether oxygens (including phenoxy) is 2. The molecule has 1 fully saturated rings. The molecule has 1 aliphatic heterocycles. The molecule has 0 unspecified atom stereocenters. The highest BCUT2D eigenvalue weighted by Gasteiger charge is 2.42. The predicted molar refractivity (Wildman–Crippen MR) is 111 cm³/mol. The molecule has 1 amide bonds. The van der Waals surface area contributed by atoms with Crippen molar-refractivity contribution in [2.24, 2.45) is 0 Å². The van der Waals surface area contributed by atoms with Crippen LogP contribution in [0.15, 0.2) is 40.4 Å². The van der Waals surface area contributed by atoms with Gasteiger partial charge < -0.3 is 14.8 Å². The van der Waals surface area contributed by atoms with Gasteiger partial charge in [-0.15, -0.1) is 11.3 Å². The lowest BCUT2D eigenvalue weighted by Gasteiger charge is -2.31. The summed E-state index contributed by atoms with van der Waals surface area (Å²) in [6, 6.07) is 7.64. The van der Waals surface area contributed by atoms with Crippen LogP contribution in [0.1, 0.15) is 37.8 Å². The highest BCUT2D eigenvalue weighted by atomic mass is 32.1. The van der Waals surface area contributed by atoms with E-state index in [4.69, 9.17) is 9.47 Å². The van der Waals surface area contributed by atoms with Gasteiger partial charge in [0.2, 0.25) is 5.91 Å². The molecule has 2 aromatic heterocycles. The average Bonchev–Trinajstić information content (AvgIpc) is 3.41. The van der Waals surface area contributed by atoms with Crippen molar-refractivity contribution >= 4 is 34.3 Å². The number of carbonyl (C=O) groups excluding carboxylic acids is 1. The van der Waals surface area contributed by atoms with Gasteiger partial charge in [0.25, 0.3) is 5.79 Å². The van der Waals surface area contributed by atoms with Crippen LogP contribution in [-0.2, 0) is 11.2 Å². The maximum absolute atomic E-state index is 12.5. The van der Waals surface area contributed by atoms with Crippen molar-refractivity contribution in [3.05, 3.63) is 46.1 Å². The first-order chi connectivity index (χ1) is 13.7. The molecule has 144 valence electrons. The van der Waals surface area contributed by atoms with Crippen LogP contribution >= 0.6 is 22.7 Å². The summed E-state index contributed by atoms with van der Waals surface area (Å²) in [7, 11) is 0. The first-order valence-electron chi connectivity index (χ1n) is 9.48. The second-order valence-electron chi connectivity index (χ2n) is 7.22. The van der Waals surface area contributed by atoms with Crippen molar-refractivity contribution < 1.29 is 14.3 Å². The lowest BCUT2D eigenvalue weighted by molar-refractivity contribution is -0.115. The van der Waals surface area contributed by atoms with Crippen molar-refractivity contribution in [1.29, 1.82) is 0 Å². The molecule has 3 aromatic rings. The molecule has 0 bridgehead atoms. The van der Waals surface area contributed by atoms with Crippen molar-refractivity contribution in [3.8, 4) is 22.1 Å². The third-order valence-electron chi connectivity index (χ3n) is 5.10. The molecule has 1 spiro atoms. The number of nitrogens with zero attached hydrogens (tertiary/aromatic N) is 1. The Balaban J connectivity index is 1.24. The highest BCUT2D eigenvalue weighted by molar-refractivity contribution is 7.14. The van der Waals surface area contributed by atoms with Gasteiger partial charge >= 0.3 is 0 Å². The number of amides is 1. The molecule has 5 rings (SSSR count). The summed E-state index contributed by atoms with van der Waals surface area (Å²) in [5.41, 5.74) is 2.60. The molecule has 0 atom stereocenters. The average molecular weight is 413 g/mol. The second kappa shape index (κ2) is 7.22. The van der Waals surface area contributed by atoms with Crippen LogP contribution in [0.3, 0.4) is 0 Å². The summed E-state index contributed by atoms with van der Waals surface area (Å²) in [5.74, 6) is 0.892. The number of thiophene rings is 1. The van der Waals surface area contributed by atoms with Gasteiger partial charge in [-0.1, -0.05) is 6.42 Å². The molecular formula is C21H20N2O3S2. The van der Waals surface area contributed by atoms with Crippen molar-refractivity contribution in [2.75, 3.05) is 5.32 Å². The first-order valence-corrected chi connectivity index (χ1v) is 11.3. The number of anilines is 1. The summed E-state index contributed by atoms with van der Waals surface area (Å²) in [4.78, 5) is 17.0. The van der Waals surface area contributed by atoms with Crippen LogP contribution in [0.4, 0.5) is 5.69 Å². The normalized spacial score (nSPS) is 17.0. The van der Waals surface area contributed by atoms with Crippen molar-refractivity contribution in [3.63, 3.8) is 0 Å². The number of carbonyl (C=O) groups is 1. The SMILES string of the molecule is O=C(Cc1csc(-c2ccsc2)n1)Nc1ccc2c(c1)OC1(CCCCC1)O2. The molecule has 3 heterocycles. The number of rotatable bonds is 4. The van der Waals surface area contributed by atoms with Crippen molar-refractivity contribution in [2.45, 2.75) is 44.3 Å². The van der Waals surface area contributed by atoms with E-state index in [9.17, 15) is 4.79 Å². The number of fused-ring (bicyclic) bond motifs is 1. The maximum atomic E-state index is 12.5. The minimum Gasteiger partial charge on any atom is -0.448 e. The smallest absolute Gasteiger partial charge is 0.251 e. The summed E-state index contributed by atoms with van der Waals surface area (Å²) in [6.45, 7) is 0. The van der Waals surface area contributed by atoms with E-state index in [0.717, 1.165) is 47.7 Å². The summed E-state index contributed by atoms with van der Waals surface area (Å²) in [6.07, 6.45) is 5.56. The Hall–Kier alpha value is -2.38. The molecule has 28 heavy (non-hydrogen) atoms. The minimum atomic E-state index is -0.498. The third-order valence-corrected chi connectivity index (χ3v) is 6.72. The van der Waals surface area contributed by atoms with E-state index < -0.39 is 5.79 Å². The van der Waals surface area contributed by atoms with Crippen LogP contribution in [0.2, 0.25) is 0 Å². The Morgan fingerprint density at radius 1 is 1.11 bits per heavy atom. The Morgan fingerprint density at radius 2 is 1.96 bits per heavy atom. The Morgan fingerprint density at radius 3 is 2.79 bits per heavy atom. The lowest BCUT2D eigenvalue weighted by atomic mass is 9.94. The molecule has 1 aromatic carbocycles. The molecule has 1 saturated carbocycles. The Kier molecular flexibility index (Phi) is 4.56. The van der Waals surface area contributed by atoms with Gasteiger partial charge in [-0.3, -0.25) is 4.79 Å². The maximum Gasteiger partial charge on any atom is 0.251 e.